The number of rotatable bonds is 12. The number of ether oxygens (including phenoxy) is 1. The molecule has 8 heteroatoms. The molecule has 1 aliphatic heterocycles. The molecule has 0 atom stereocenters. The molecule has 0 unspecified atom stereocenters. The third-order valence-corrected chi connectivity index (χ3v) is 12.6. The summed E-state index contributed by atoms with van der Waals surface area (Å²) in [5.74, 6) is 1.41. The highest BCUT2D eigenvalue weighted by Gasteiger charge is 2.38. The van der Waals surface area contributed by atoms with E-state index in [1.54, 1.807) is 12.4 Å². The zero-order valence-corrected chi connectivity index (χ0v) is 28.0. The summed E-state index contributed by atoms with van der Waals surface area (Å²) < 4.78 is 7.99. The van der Waals surface area contributed by atoms with Crippen LogP contribution in [0.4, 0.5) is 0 Å². The second kappa shape index (κ2) is 13.1. The summed E-state index contributed by atoms with van der Waals surface area (Å²) in [5, 5.41) is 4.82. The summed E-state index contributed by atoms with van der Waals surface area (Å²) in [6.07, 6.45) is 6.31. The smallest absolute Gasteiger partial charge is 0.272 e. The molecular formula is C36H46N4O3Si. The Balaban J connectivity index is 1.36. The minimum Gasteiger partial charge on any atom is -0.489 e. The normalized spacial score (nSPS) is 13.8. The summed E-state index contributed by atoms with van der Waals surface area (Å²) in [6.45, 7) is 15.1. The molecule has 0 spiro atoms. The minimum absolute atomic E-state index is 0.00129. The Hall–Kier alpha value is -3.75. The Morgan fingerprint density at radius 1 is 0.932 bits per heavy atom. The van der Waals surface area contributed by atoms with E-state index < -0.39 is 8.32 Å². The Kier molecular flexibility index (Phi) is 9.41. The van der Waals surface area contributed by atoms with Crippen LogP contribution in [0.3, 0.4) is 0 Å². The zero-order chi connectivity index (χ0) is 31.5. The second-order valence-electron chi connectivity index (χ2n) is 13.6. The van der Waals surface area contributed by atoms with Crippen molar-refractivity contribution in [1.82, 2.24) is 19.7 Å². The van der Waals surface area contributed by atoms with E-state index in [9.17, 15) is 9.59 Å². The van der Waals surface area contributed by atoms with E-state index >= 15 is 0 Å². The van der Waals surface area contributed by atoms with Crippen molar-refractivity contribution in [2.24, 2.45) is 5.92 Å². The maximum absolute atomic E-state index is 14.0. The Labute approximate surface area is 263 Å². The van der Waals surface area contributed by atoms with E-state index in [4.69, 9.17) is 9.84 Å². The molecule has 1 aliphatic rings. The van der Waals surface area contributed by atoms with Gasteiger partial charge in [-0.15, -0.1) is 0 Å². The summed E-state index contributed by atoms with van der Waals surface area (Å²) in [7, 11) is -2.30. The summed E-state index contributed by atoms with van der Waals surface area (Å²) >= 11 is 0. The fraction of sp³-hybridized carbons (Fsp3) is 0.417. The van der Waals surface area contributed by atoms with Gasteiger partial charge in [-0.1, -0.05) is 64.1 Å². The number of amides is 1. The predicted octanol–water partition coefficient (Wildman–Crippen LogP) is 7.60. The largest absolute Gasteiger partial charge is 0.489 e. The first kappa shape index (κ1) is 31.7. The van der Waals surface area contributed by atoms with Gasteiger partial charge in [0, 0.05) is 36.6 Å². The Morgan fingerprint density at radius 2 is 1.59 bits per heavy atom. The van der Waals surface area contributed by atoms with E-state index in [0.717, 1.165) is 53.0 Å². The van der Waals surface area contributed by atoms with Crippen LogP contribution in [0.15, 0.2) is 73.1 Å². The zero-order valence-electron chi connectivity index (χ0n) is 27.0. The van der Waals surface area contributed by atoms with Gasteiger partial charge >= 0.3 is 0 Å². The molecule has 0 radical (unpaired) electrons. The lowest BCUT2D eigenvalue weighted by Gasteiger charge is -2.36. The number of aromatic nitrogens is 3. The Morgan fingerprint density at radius 3 is 2.23 bits per heavy atom. The third kappa shape index (κ3) is 7.13. The molecule has 4 aromatic rings. The molecule has 0 saturated carbocycles. The van der Waals surface area contributed by atoms with Gasteiger partial charge in [-0.2, -0.15) is 5.10 Å². The van der Waals surface area contributed by atoms with Gasteiger partial charge in [0.1, 0.15) is 23.7 Å². The van der Waals surface area contributed by atoms with Crippen LogP contribution in [-0.4, -0.2) is 51.8 Å². The summed E-state index contributed by atoms with van der Waals surface area (Å²) in [6, 6.07) is 20.5. The van der Waals surface area contributed by atoms with Gasteiger partial charge in [0.2, 0.25) is 0 Å². The van der Waals surface area contributed by atoms with Gasteiger partial charge in [0.15, 0.2) is 8.32 Å². The van der Waals surface area contributed by atoms with Crippen LogP contribution in [-0.2, 0) is 19.6 Å². The highest BCUT2D eigenvalue weighted by atomic mass is 28.4. The highest BCUT2D eigenvalue weighted by molar-refractivity contribution is 6.72. The molecule has 0 saturated heterocycles. The number of nitrogens with zero attached hydrogens (tertiary/aromatic N) is 4. The lowest BCUT2D eigenvalue weighted by atomic mass is 9.98. The molecular weight excluding hydrogens is 565 g/mol. The van der Waals surface area contributed by atoms with Gasteiger partial charge in [-0.25, -0.2) is 0 Å². The molecule has 3 heterocycles. The maximum atomic E-state index is 14.0. The van der Waals surface area contributed by atoms with Crippen LogP contribution in [0, 0.1) is 5.92 Å². The Bertz CT molecular complexity index is 1560. The monoisotopic (exact) mass is 610 g/mol. The molecule has 2 aromatic carbocycles. The third-order valence-electron chi connectivity index (χ3n) is 9.08. The fourth-order valence-electron chi connectivity index (χ4n) is 5.65. The molecule has 1 N–H and O–H groups in total. The average molecular weight is 611 g/mol. The first-order valence-electron chi connectivity index (χ1n) is 15.8. The van der Waals surface area contributed by atoms with Crippen LogP contribution >= 0.6 is 0 Å². The van der Waals surface area contributed by atoms with Crippen molar-refractivity contribution in [3.63, 3.8) is 0 Å². The van der Waals surface area contributed by atoms with E-state index in [1.165, 1.54) is 5.56 Å². The number of carbonyl (C=O) groups is 1. The van der Waals surface area contributed by atoms with Crippen molar-refractivity contribution in [1.29, 1.82) is 0 Å². The van der Waals surface area contributed by atoms with Crippen molar-refractivity contribution in [3.05, 3.63) is 89.9 Å². The average Bonchev–Trinajstić information content (AvgIpc) is 3.38. The number of pyridine rings is 1. The molecule has 0 fully saturated rings. The quantitative estimate of drug-likeness (QED) is 0.167. The molecule has 5 rings (SSSR count). The SMILES string of the molecule is CC(C)Cc1ccc(COc2ccc(-c3c(-c4ccncc4)nn4c3C(=O)N(CCCC(C)(C)[Si](C)(C)O)CC4)cc2)cc1. The standard InChI is InChI=1S/C36H46N4O3Si/c1-26(2)24-27-8-10-28(11-9-27)25-43-31-14-12-29(13-15-31)32-33(30-16-19-37-20-17-30)38-40-23-22-39(35(41)34(32)40)21-7-18-36(3,4)44(5,6)42/h8-17,19-20,26,42H,7,18,21-25H2,1-6H3. The van der Waals surface area contributed by atoms with Crippen molar-refractivity contribution in [3.8, 4) is 28.1 Å². The van der Waals surface area contributed by atoms with Gasteiger partial charge in [0.05, 0.1) is 6.54 Å². The fourth-order valence-corrected chi connectivity index (χ4v) is 6.44. The van der Waals surface area contributed by atoms with Gasteiger partial charge in [0.25, 0.3) is 5.91 Å². The van der Waals surface area contributed by atoms with Crippen LogP contribution in [0.25, 0.3) is 22.4 Å². The van der Waals surface area contributed by atoms with Crippen molar-refractivity contribution >= 4 is 14.2 Å². The van der Waals surface area contributed by atoms with Crippen molar-refractivity contribution < 1.29 is 14.3 Å². The number of fused-ring (bicyclic) bond motifs is 1. The van der Waals surface area contributed by atoms with E-state index in [2.05, 4.69) is 56.9 Å². The van der Waals surface area contributed by atoms with Gasteiger partial charge in [-0.05, 0) is 84.3 Å². The minimum atomic E-state index is -2.30. The van der Waals surface area contributed by atoms with Gasteiger partial charge < -0.3 is 14.4 Å². The molecule has 7 nitrogen and oxygen atoms in total. The van der Waals surface area contributed by atoms with Gasteiger partial charge in [-0.3, -0.25) is 14.5 Å². The van der Waals surface area contributed by atoms with Crippen molar-refractivity contribution in [2.45, 2.75) is 78.2 Å². The molecule has 1 amide bonds. The lowest BCUT2D eigenvalue weighted by molar-refractivity contribution is 0.0694. The van der Waals surface area contributed by atoms with Crippen LogP contribution in [0.1, 0.15) is 62.2 Å². The van der Waals surface area contributed by atoms with E-state index in [0.29, 0.717) is 37.9 Å². The topological polar surface area (TPSA) is 80.5 Å². The molecule has 44 heavy (non-hydrogen) atoms. The first-order valence-corrected chi connectivity index (χ1v) is 18.7. The first-order chi connectivity index (χ1) is 20.9. The predicted molar refractivity (Wildman–Crippen MR) is 179 cm³/mol. The van der Waals surface area contributed by atoms with Crippen LogP contribution < -0.4 is 4.74 Å². The molecule has 2 aromatic heterocycles. The maximum Gasteiger partial charge on any atom is 0.272 e. The van der Waals surface area contributed by atoms with E-state index in [1.807, 2.05) is 59.1 Å². The number of hydrogen-bond donors (Lipinski definition) is 1. The van der Waals surface area contributed by atoms with Crippen LogP contribution in [0.5, 0.6) is 5.75 Å². The molecule has 0 bridgehead atoms. The summed E-state index contributed by atoms with van der Waals surface area (Å²) in [5.41, 5.74) is 6.56. The second-order valence-corrected chi connectivity index (χ2v) is 18.1. The lowest BCUT2D eigenvalue weighted by Crippen LogP contribution is -2.42. The highest BCUT2D eigenvalue weighted by Crippen LogP contribution is 2.40. The van der Waals surface area contributed by atoms with E-state index in [-0.39, 0.29) is 10.9 Å². The van der Waals surface area contributed by atoms with Crippen LogP contribution in [0.2, 0.25) is 18.1 Å². The molecule has 0 aliphatic carbocycles. The molecule has 232 valence electrons. The summed E-state index contributed by atoms with van der Waals surface area (Å²) in [4.78, 5) is 30.9. The number of benzene rings is 2. The number of carbonyl (C=O) groups excluding carboxylic acids is 1. The number of hydrogen-bond acceptors (Lipinski definition) is 5. The van der Waals surface area contributed by atoms with Crippen molar-refractivity contribution in [2.75, 3.05) is 13.1 Å².